The second kappa shape index (κ2) is 9.39. The maximum atomic E-state index is 12.7. The van der Waals surface area contributed by atoms with E-state index >= 15 is 0 Å². The van der Waals surface area contributed by atoms with Crippen LogP contribution in [0.1, 0.15) is 24.5 Å². The van der Waals surface area contributed by atoms with E-state index in [1.54, 1.807) is 6.07 Å². The molecule has 0 bridgehead atoms. The van der Waals surface area contributed by atoms with Crippen LogP contribution in [0.5, 0.6) is 5.75 Å². The first-order valence-electron chi connectivity index (χ1n) is 11.0. The van der Waals surface area contributed by atoms with Crippen LogP contribution in [0.4, 0.5) is 10.5 Å². The zero-order valence-corrected chi connectivity index (χ0v) is 17.8. The fourth-order valence-corrected chi connectivity index (χ4v) is 4.56. The monoisotopic (exact) mass is 408 g/mol. The van der Waals surface area contributed by atoms with Crippen LogP contribution in [0.25, 0.3) is 0 Å². The highest BCUT2D eigenvalue weighted by molar-refractivity contribution is 5.74. The molecule has 0 aliphatic carbocycles. The Morgan fingerprint density at radius 2 is 1.70 bits per heavy atom. The van der Waals surface area contributed by atoms with Crippen LogP contribution in [-0.2, 0) is 13.0 Å². The summed E-state index contributed by atoms with van der Waals surface area (Å²) in [5.74, 6) is 0.296. The molecule has 0 saturated carbocycles. The second-order valence-electron chi connectivity index (χ2n) is 8.20. The minimum Gasteiger partial charge on any atom is -0.506 e. The van der Waals surface area contributed by atoms with Crippen molar-refractivity contribution in [1.29, 1.82) is 0 Å². The molecule has 1 unspecified atom stereocenters. The van der Waals surface area contributed by atoms with Crippen LogP contribution >= 0.6 is 0 Å². The van der Waals surface area contributed by atoms with Crippen molar-refractivity contribution in [2.45, 2.75) is 32.4 Å². The number of carbonyl (C=O) groups is 1. The Labute approximate surface area is 179 Å². The number of hydrogen-bond donors (Lipinski definition) is 2. The molecule has 1 fully saturated rings. The number of phenols is 1. The van der Waals surface area contributed by atoms with Gasteiger partial charge < -0.3 is 20.2 Å². The number of nitrogens with zero attached hydrogens (tertiary/aromatic N) is 3. The SMILES string of the molecule is CCC(CNC(=O)N1CCN(c2ccccc2O)CC1)N1CCc2ccccc2C1. The van der Waals surface area contributed by atoms with Crippen LogP contribution in [0.2, 0.25) is 0 Å². The topological polar surface area (TPSA) is 59.1 Å². The molecular formula is C24H32N4O2. The number of fused-ring (bicyclic) bond motifs is 1. The van der Waals surface area contributed by atoms with Gasteiger partial charge in [0.1, 0.15) is 5.75 Å². The van der Waals surface area contributed by atoms with Crippen molar-refractivity contribution in [2.75, 3.05) is 44.2 Å². The molecule has 0 aromatic heterocycles. The number of benzene rings is 2. The third-order valence-electron chi connectivity index (χ3n) is 6.43. The highest BCUT2D eigenvalue weighted by Crippen LogP contribution is 2.27. The van der Waals surface area contributed by atoms with E-state index in [0.29, 0.717) is 31.4 Å². The number of aromatic hydroxyl groups is 1. The number of nitrogens with one attached hydrogen (secondary N) is 1. The van der Waals surface area contributed by atoms with Crippen molar-refractivity contribution < 1.29 is 9.90 Å². The number of carbonyl (C=O) groups excluding carboxylic acids is 1. The minimum atomic E-state index is 0.0165. The van der Waals surface area contributed by atoms with Gasteiger partial charge in [-0.15, -0.1) is 0 Å². The number of para-hydroxylation sites is 2. The van der Waals surface area contributed by atoms with E-state index in [9.17, 15) is 9.90 Å². The van der Waals surface area contributed by atoms with Gasteiger partial charge in [-0.2, -0.15) is 0 Å². The van der Waals surface area contributed by atoms with Gasteiger partial charge in [-0.05, 0) is 36.1 Å². The van der Waals surface area contributed by atoms with Crippen LogP contribution in [0.15, 0.2) is 48.5 Å². The lowest BCUT2D eigenvalue weighted by atomic mass is 9.98. The summed E-state index contributed by atoms with van der Waals surface area (Å²) in [4.78, 5) is 19.3. The summed E-state index contributed by atoms with van der Waals surface area (Å²) in [7, 11) is 0. The Bertz CT molecular complexity index is 864. The third kappa shape index (κ3) is 4.54. The molecule has 1 saturated heterocycles. The average Bonchev–Trinajstić information content (AvgIpc) is 2.79. The van der Waals surface area contributed by atoms with Crippen LogP contribution in [-0.4, -0.2) is 66.2 Å². The number of urea groups is 1. The van der Waals surface area contributed by atoms with Gasteiger partial charge in [-0.1, -0.05) is 43.3 Å². The van der Waals surface area contributed by atoms with Crippen molar-refractivity contribution in [1.82, 2.24) is 15.1 Å². The maximum absolute atomic E-state index is 12.7. The molecule has 0 spiro atoms. The normalized spacial score (nSPS) is 18.0. The van der Waals surface area contributed by atoms with Crippen molar-refractivity contribution in [3.8, 4) is 5.75 Å². The minimum absolute atomic E-state index is 0.0165. The molecule has 4 rings (SSSR count). The van der Waals surface area contributed by atoms with Gasteiger partial charge in [-0.25, -0.2) is 4.79 Å². The number of hydrogen-bond acceptors (Lipinski definition) is 4. The molecule has 1 atom stereocenters. The fourth-order valence-electron chi connectivity index (χ4n) is 4.56. The first kappa shape index (κ1) is 20.5. The van der Waals surface area contributed by atoms with Crippen molar-refractivity contribution >= 4 is 11.7 Å². The predicted octanol–water partition coefficient (Wildman–Crippen LogP) is 3.06. The Kier molecular flexibility index (Phi) is 6.43. The first-order valence-corrected chi connectivity index (χ1v) is 11.0. The van der Waals surface area contributed by atoms with Gasteiger partial charge >= 0.3 is 6.03 Å². The van der Waals surface area contributed by atoms with E-state index in [-0.39, 0.29) is 6.03 Å². The molecule has 2 heterocycles. The van der Waals surface area contributed by atoms with Gasteiger partial charge in [0.05, 0.1) is 5.69 Å². The first-order chi connectivity index (χ1) is 14.7. The van der Waals surface area contributed by atoms with Gasteiger partial charge in [0.2, 0.25) is 0 Å². The van der Waals surface area contributed by atoms with E-state index in [2.05, 4.69) is 46.3 Å². The van der Waals surface area contributed by atoms with Crippen LogP contribution in [0.3, 0.4) is 0 Å². The number of rotatable bonds is 5. The molecular weight excluding hydrogens is 376 g/mol. The van der Waals surface area contributed by atoms with E-state index in [0.717, 1.165) is 44.7 Å². The maximum Gasteiger partial charge on any atom is 0.317 e. The predicted molar refractivity (Wildman–Crippen MR) is 120 cm³/mol. The van der Waals surface area contributed by atoms with Crippen LogP contribution in [0, 0.1) is 0 Å². The average molecular weight is 409 g/mol. The molecule has 6 heteroatoms. The van der Waals surface area contributed by atoms with Crippen molar-refractivity contribution in [2.24, 2.45) is 0 Å². The summed E-state index contributed by atoms with van der Waals surface area (Å²) in [5.41, 5.74) is 3.71. The zero-order chi connectivity index (χ0) is 20.9. The number of amides is 2. The second-order valence-corrected chi connectivity index (χ2v) is 8.20. The Hall–Kier alpha value is -2.73. The smallest absolute Gasteiger partial charge is 0.317 e. The summed E-state index contributed by atoms with van der Waals surface area (Å²) in [6.07, 6.45) is 2.10. The van der Waals surface area contributed by atoms with Crippen molar-refractivity contribution in [3.05, 3.63) is 59.7 Å². The molecule has 2 aromatic rings. The number of piperazine rings is 1. The highest BCUT2D eigenvalue weighted by Gasteiger charge is 2.25. The number of anilines is 1. The van der Waals surface area contributed by atoms with Gasteiger partial charge in [0.25, 0.3) is 0 Å². The molecule has 160 valence electrons. The van der Waals surface area contributed by atoms with Gasteiger partial charge in [-0.3, -0.25) is 4.90 Å². The van der Waals surface area contributed by atoms with Gasteiger partial charge in [0, 0.05) is 51.9 Å². The molecule has 2 aromatic carbocycles. The van der Waals surface area contributed by atoms with E-state index in [1.807, 2.05) is 23.1 Å². The lowest BCUT2D eigenvalue weighted by Crippen LogP contribution is -2.54. The third-order valence-corrected chi connectivity index (χ3v) is 6.43. The summed E-state index contributed by atoms with van der Waals surface area (Å²) in [6.45, 7) is 7.66. The molecule has 0 radical (unpaired) electrons. The van der Waals surface area contributed by atoms with E-state index in [4.69, 9.17) is 0 Å². The largest absolute Gasteiger partial charge is 0.506 e. The number of phenolic OH excluding ortho intramolecular Hbond substituents is 1. The standard InChI is InChI=1S/C24H32N4O2/c1-2-21(28-12-11-19-7-3-4-8-20(19)18-28)17-25-24(30)27-15-13-26(14-16-27)22-9-5-6-10-23(22)29/h3-10,21,29H,2,11-18H2,1H3,(H,25,30). The molecule has 2 aliphatic heterocycles. The lowest BCUT2D eigenvalue weighted by molar-refractivity contribution is 0.160. The molecule has 30 heavy (non-hydrogen) atoms. The Morgan fingerprint density at radius 3 is 2.43 bits per heavy atom. The molecule has 2 amide bonds. The molecule has 2 aliphatic rings. The fraction of sp³-hybridized carbons (Fsp3) is 0.458. The van der Waals surface area contributed by atoms with Crippen LogP contribution < -0.4 is 10.2 Å². The Balaban J connectivity index is 1.27. The molecule has 2 N–H and O–H groups in total. The van der Waals surface area contributed by atoms with Crippen molar-refractivity contribution in [3.63, 3.8) is 0 Å². The van der Waals surface area contributed by atoms with E-state index < -0.39 is 0 Å². The van der Waals surface area contributed by atoms with Gasteiger partial charge in [0.15, 0.2) is 0 Å². The summed E-state index contributed by atoms with van der Waals surface area (Å²) in [6, 6.07) is 16.4. The van der Waals surface area contributed by atoms with E-state index in [1.165, 1.54) is 11.1 Å². The highest BCUT2D eigenvalue weighted by atomic mass is 16.3. The lowest BCUT2D eigenvalue weighted by Gasteiger charge is -2.38. The zero-order valence-electron chi connectivity index (χ0n) is 17.8. The molecule has 6 nitrogen and oxygen atoms in total. The summed E-state index contributed by atoms with van der Waals surface area (Å²) < 4.78 is 0. The Morgan fingerprint density at radius 1 is 1.00 bits per heavy atom. The summed E-state index contributed by atoms with van der Waals surface area (Å²) in [5, 5.41) is 13.2. The quantitative estimate of drug-likeness (QED) is 0.798. The summed E-state index contributed by atoms with van der Waals surface area (Å²) >= 11 is 0.